The van der Waals surface area contributed by atoms with Gasteiger partial charge in [-0.2, -0.15) is 0 Å². The Kier molecular flexibility index (Phi) is 3.65. The first kappa shape index (κ1) is 13.7. The Morgan fingerprint density at radius 1 is 1.37 bits per heavy atom. The lowest BCUT2D eigenvalue weighted by Gasteiger charge is -2.22. The Balaban J connectivity index is 2.24. The van der Waals surface area contributed by atoms with E-state index in [1.165, 1.54) is 5.56 Å². The standard InChI is InChI=1S/C16H20O3/c1-16(2,3)19-15(18)14(10-17)13-9-8-11-6-4-5-7-12(11)13/h4-7,10,13,17H,8-9H2,1-3H3/b14-10+. The Bertz CT molecular complexity index is 509. The van der Waals surface area contributed by atoms with Crippen LogP contribution in [0.2, 0.25) is 0 Å². The van der Waals surface area contributed by atoms with E-state index in [1.54, 1.807) is 0 Å². The van der Waals surface area contributed by atoms with Crippen LogP contribution in [0.3, 0.4) is 0 Å². The summed E-state index contributed by atoms with van der Waals surface area (Å²) in [5, 5.41) is 9.42. The lowest BCUT2D eigenvalue weighted by molar-refractivity contribution is -0.150. The molecule has 0 bridgehead atoms. The van der Waals surface area contributed by atoms with Gasteiger partial charge in [0.2, 0.25) is 0 Å². The van der Waals surface area contributed by atoms with Crippen LogP contribution in [0.1, 0.15) is 44.2 Å². The molecule has 0 radical (unpaired) electrons. The van der Waals surface area contributed by atoms with Crippen molar-refractivity contribution in [2.45, 2.75) is 45.1 Å². The first-order valence-electron chi connectivity index (χ1n) is 6.58. The van der Waals surface area contributed by atoms with Crippen molar-refractivity contribution in [3.8, 4) is 0 Å². The molecule has 1 N–H and O–H groups in total. The first-order chi connectivity index (χ1) is 8.92. The first-order valence-corrected chi connectivity index (χ1v) is 6.58. The molecule has 1 aliphatic rings. The number of rotatable bonds is 2. The Hall–Kier alpha value is -1.77. The van der Waals surface area contributed by atoms with Crippen molar-refractivity contribution in [3.05, 3.63) is 47.2 Å². The Morgan fingerprint density at radius 2 is 2.05 bits per heavy atom. The molecule has 0 fully saturated rings. The van der Waals surface area contributed by atoms with Gasteiger partial charge < -0.3 is 9.84 Å². The predicted octanol–water partition coefficient (Wildman–Crippen LogP) is 3.50. The highest BCUT2D eigenvalue weighted by molar-refractivity contribution is 5.90. The van der Waals surface area contributed by atoms with Crippen molar-refractivity contribution in [3.63, 3.8) is 0 Å². The summed E-state index contributed by atoms with van der Waals surface area (Å²) in [5.41, 5.74) is 2.16. The largest absolute Gasteiger partial charge is 0.515 e. The van der Waals surface area contributed by atoms with Crippen molar-refractivity contribution < 1.29 is 14.6 Å². The van der Waals surface area contributed by atoms with Crippen molar-refractivity contribution >= 4 is 5.97 Å². The zero-order valence-corrected chi connectivity index (χ0v) is 11.6. The number of esters is 1. The highest BCUT2D eigenvalue weighted by Crippen LogP contribution is 2.38. The van der Waals surface area contributed by atoms with Gasteiger partial charge >= 0.3 is 5.97 Å². The minimum absolute atomic E-state index is 0.0592. The summed E-state index contributed by atoms with van der Waals surface area (Å²) in [6.45, 7) is 5.47. The second-order valence-corrected chi connectivity index (χ2v) is 5.88. The van der Waals surface area contributed by atoms with Crippen LogP contribution in [0.4, 0.5) is 0 Å². The highest BCUT2D eigenvalue weighted by atomic mass is 16.6. The van der Waals surface area contributed by atoms with Gasteiger partial charge in [-0.25, -0.2) is 4.79 Å². The van der Waals surface area contributed by atoms with E-state index in [1.807, 2.05) is 39.0 Å². The molecule has 102 valence electrons. The number of fused-ring (bicyclic) bond motifs is 1. The van der Waals surface area contributed by atoms with E-state index < -0.39 is 11.6 Å². The molecule has 1 atom stereocenters. The molecular formula is C16H20O3. The van der Waals surface area contributed by atoms with Gasteiger partial charge in [0.15, 0.2) is 0 Å². The second-order valence-electron chi connectivity index (χ2n) is 5.88. The van der Waals surface area contributed by atoms with Crippen molar-refractivity contribution in [1.29, 1.82) is 0 Å². The SMILES string of the molecule is CC(C)(C)OC(=O)/C(=C/O)C1CCc2ccccc21. The molecule has 0 heterocycles. The van der Waals surface area contributed by atoms with E-state index >= 15 is 0 Å². The van der Waals surface area contributed by atoms with E-state index in [-0.39, 0.29) is 5.92 Å². The van der Waals surface area contributed by atoms with E-state index in [9.17, 15) is 9.90 Å². The summed E-state index contributed by atoms with van der Waals surface area (Å²) in [5.74, 6) is -0.493. The molecule has 3 heteroatoms. The van der Waals surface area contributed by atoms with Gasteiger partial charge in [-0.1, -0.05) is 24.3 Å². The summed E-state index contributed by atoms with van der Waals surface area (Å²) in [6.07, 6.45) is 2.67. The third kappa shape index (κ3) is 2.98. The normalized spacial score (nSPS) is 19.1. The molecule has 0 saturated carbocycles. The maximum atomic E-state index is 12.1. The van der Waals surface area contributed by atoms with Gasteiger partial charge in [-0.05, 0) is 44.7 Å². The molecule has 1 unspecified atom stereocenters. The molecule has 19 heavy (non-hydrogen) atoms. The summed E-state index contributed by atoms with van der Waals surface area (Å²) in [7, 11) is 0. The zero-order chi connectivity index (χ0) is 14.0. The van der Waals surface area contributed by atoms with Crippen molar-refractivity contribution in [2.75, 3.05) is 0 Å². The molecule has 1 aromatic rings. The van der Waals surface area contributed by atoms with Crippen LogP contribution in [0, 0.1) is 0 Å². The third-order valence-electron chi connectivity index (χ3n) is 3.28. The summed E-state index contributed by atoms with van der Waals surface area (Å²) in [4.78, 5) is 12.1. The maximum absolute atomic E-state index is 12.1. The minimum atomic E-state index is -0.552. The fraction of sp³-hybridized carbons (Fsp3) is 0.438. The lowest BCUT2D eigenvalue weighted by atomic mass is 9.93. The third-order valence-corrected chi connectivity index (χ3v) is 3.28. The van der Waals surface area contributed by atoms with Gasteiger partial charge in [0.05, 0.1) is 11.8 Å². The van der Waals surface area contributed by atoms with Gasteiger partial charge in [0.25, 0.3) is 0 Å². The molecule has 0 aromatic heterocycles. The van der Waals surface area contributed by atoms with Gasteiger partial charge in [0.1, 0.15) is 5.60 Å². The maximum Gasteiger partial charge on any atom is 0.338 e. The monoisotopic (exact) mass is 260 g/mol. The van der Waals surface area contributed by atoms with Crippen LogP contribution >= 0.6 is 0 Å². The van der Waals surface area contributed by atoms with Crippen LogP contribution in [-0.4, -0.2) is 16.7 Å². The van der Waals surface area contributed by atoms with Crippen molar-refractivity contribution in [1.82, 2.24) is 0 Å². The number of carbonyl (C=O) groups is 1. The summed E-state index contributed by atoms with van der Waals surface area (Å²) < 4.78 is 5.35. The number of aliphatic hydroxyl groups excluding tert-OH is 1. The molecule has 1 aliphatic carbocycles. The van der Waals surface area contributed by atoms with E-state index in [2.05, 4.69) is 6.07 Å². The Labute approximate surface area is 113 Å². The fourth-order valence-electron chi connectivity index (χ4n) is 2.50. The van der Waals surface area contributed by atoms with Crippen LogP contribution in [0.15, 0.2) is 36.1 Å². The molecule has 2 rings (SSSR count). The number of aliphatic hydroxyl groups is 1. The number of aryl methyl sites for hydroxylation is 1. The molecule has 0 spiro atoms. The number of hydrogen-bond donors (Lipinski definition) is 1. The minimum Gasteiger partial charge on any atom is -0.515 e. The molecule has 0 aliphatic heterocycles. The number of benzene rings is 1. The van der Waals surface area contributed by atoms with Gasteiger partial charge in [-0.15, -0.1) is 0 Å². The average molecular weight is 260 g/mol. The topological polar surface area (TPSA) is 46.5 Å². The molecule has 0 saturated heterocycles. The smallest absolute Gasteiger partial charge is 0.338 e. The predicted molar refractivity (Wildman–Crippen MR) is 74.1 cm³/mol. The molecule has 1 aromatic carbocycles. The van der Waals surface area contributed by atoms with Crippen LogP contribution < -0.4 is 0 Å². The lowest BCUT2D eigenvalue weighted by Crippen LogP contribution is -2.26. The second kappa shape index (κ2) is 5.08. The van der Waals surface area contributed by atoms with Crippen molar-refractivity contribution in [2.24, 2.45) is 0 Å². The molecular weight excluding hydrogens is 240 g/mol. The highest BCUT2D eigenvalue weighted by Gasteiger charge is 2.31. The van der Waals surface area contributed by atoms with Gasteiger partial charge in [-0.3, -0.25) is 0 Å². The van der Waals surface area contributed by atoms with Crippen LogP contribution in [0.25, 0.3) is 0 Å². The average Bonchev–Trinajstić information content (AvgIpc) is 2.72. The molecule has 0 amide bonds. The zero-order valence-electron chi connectivity index (χ0n) is 11.6. The van der Waals surface area contributed by atoms with E-state index in [0.29, 0.717) is 5.57 Å². The number of hydrogen-bond acceptors (Lipinski definition) is 3. The van der Waals surface area contributed by atoms with E-state index in [4.69, 9.17) is 4.74 Å². The van der Waals surface area contributed by atoms with Crippen LogP contribution in [0.5, 0.6) is 0 Å². The summed E-state index contributed by atoms with van der Waals surface area (Å²) in [6, 6.07) is 8.04. The quantitative estimate of drug-likeness (QED) is 0.503. The van der Waals surface area contributed by atoms with Gasteiger partial charge in [0, 0.05) is 5.92 Å². The summed E-state index contributed by atoms with van der Waals surface area (Å²) >= 11 is 0. The fourth-order valence-corrected chi connectivity index (χ4v) is 2.50. The van der Waals surface area contributed by atoms with E-state index in [0.717, 1.165) is 24.7 Å². The number of carbonyl (C=O) groups excluding carboxylic acids is 1. The van der Waals surface area contributed by atoms with Crippen LogP contribution in [-0.2, 0) is 16.0 Å². The Morgan fingerprint density at radius 3 is 2.68 bits per heavy atom. The molecule has 3 nitrogen and oxygen atoms in total. The number of ether oxygens (including phenoxy) is 1.